The maximum absolute atomic E-state index is 10.6. The molecule has 0 heterocycles. The maximum Gasteiger partial charge on any atom is 0.341 e. The Hall–Kier alpha value is -2.68. The summed E-state index contributed by atoms with van der Waals surface area (Å²) in [5.74, 6) is -0.361. The van der Waals surface area contributed by atoms with Crippen LogP contribution in [0.3, 0.4) is 0 Å². The number of carbonyl (C=O) groups is 1. The monoisotopic (exact) mass is 377 g/mol. The van der Waals surface area contributed by atoms with E-state index in [1.807, 2.05) is 0 Å². The molecule has 0 aromatic heterocycles. The Bertz CT molecular complexity index is 831. The molecule has 7 heteroatoms. The standard InChI is InChI=1S/C18H13Cl2NO4/c1-24-14-4-2-12(3-5-14)13(9-21)6-11-7-15(19)18(16(20)8-11)25-10-17(22)23/h2-8H,10H2,1H3,(H,22,23)/b13-6+. The Morgan fingerprint density at radius 3 is 2.32 bits per heavy atom. The number of halogens is 2. The Kier molecular flexibility index (Phi) is 6.29. The van der Waals surface area contributed by atoms with E-state index in [1.54, 1.807) is 49.6 Å². The first-order valence-corrected chi connectivity index (χ1v) is 7.80. The molecule has 25 heavy (non-hydrogen) atoms. The normalized spacial score (nSPS) is 10.9. The zero-order valence-corrected chi connectivity index (χ0v) is 14.6. The van der Waals surface area contributed by atoms with Crippen molar-refractivity contribution in [2.24, 2.45) is 0 Å². The van der Waals surface area contributed by atoms with E-state index in [0.29, 0.717) is 22.4 Å². The number of carboxylic acids is 1. The fourth-order valence-electron chi connectivity index (χ4n) is 2.05. The van der Waals surface area contributed by atoms with Crippen LogP contribution in [0, 0.1) is 11.3 Å². The van der Waals surface area contributed by atoms with Crippen molar-refractivity contribution in [1.82, 2.24) is 0 Å². The zero-order chi connectivity index (χ0) is 18.4. The van der Waals surface area contributed by atoms with Crippen LogP contribution in [0.5, 0.6) is 11.5 Å². The molecule has 0 fully saturated rings. The molecule has 0 radical (unpaired) electrons. The molecular weight excluding hydrogens is 365 g/mol. The minimum atomic E-state index is -1.14. The van der Waals surface area contributed by atoms with Gasteiger partial charge in [0, 0.05) is 0 Å². The number of ether oxygens (including phenoxy) is 2. The van der Waals surface area contributed by atoms with Gasteiger partial charge in [0.05, 0.1) is 28.8 Å². The number of carboxylic acid groups (broad SMARTS) is 1. The summed E-state index contributed by atoms with van der Waals surface area (Å²) in [6.45, 7) is -0.552. The minimum Gasteiger partial charge on any atom is -0.497 e. The average molecular weight is 378 g/mol. The van der Waals surface area contributed by atoms with Gasteiger partial charge in [0.1, 0.15) is 5.75 Å². The van der Waals surface area contributed by atoms with E-state index in [2.05, 4.69) is 6.07 Å². The van der Waals surface area contributed by atoms with Crippen molar-refractivity contribution in [3.63, 3.8) is 0 Å². The number of nitriles is 1. The van der Waals surface area contributed by atoms with Crippen molar-refractivity contribution < 1.29 is 19.4 Å². The third-order valence-electron chi connectivity index (χ3n) is 3.19. The summed E-state index contributed by atoms with van der Waals surface area (Å²) < 4.78 is 10.2. The van der Waals surface area contributed by atoms with Crippen molar-refractivity contribution in [2.75, 3.05) is 13.7 Å². The topological polar surface area (TPSA) is 79.5 Å². The van der Waals surface area contributed by atoms with E-state index in [4.69, 9.17) is 37.8 Å². The number of hydrogen-bond acceptors (Lipinski definition) is 4. The second-order valence-electron chi connectivity index (χ2n) is 4.89. The van der Waals surface area contributed by atoms with Crippen molar-refractivity contribution >= 4 is 40.8 Å². The lowest BCUT2D eigenvalue weighted by Gasteiger charge is -2.09. The van der Waals surface area contributed by atoms with Gasteiger partial charge >= 0.3 is 5.97 Å². The molecule has 2 rings (SSSR count). The van der Waals surface area contributed by atoms with Gasteiger partial charge in [0.25, 0.3) is 0 Å². The fourth-order valence-corrected chi connectivity index (χ4v) is 2.67. The molecule has 0 saturated carbocycles. The van der Waals surface area contributed by atoms with E-state index < -0.39 is 12.6 Å². The van der Waals surface area contributed by atoms with Gasteiger partial charge in [-0.05, 0) is 53.6 Å². The third-order valence-corrected chi connectivity index (χ3v) is 3.75. The van der Waals surface area contributed by atoms with Crippen LogP contribution in [-0.2, 0) is 4.79 Å². The molecule has 0 amide bonds. The van der Waals surface area contributed by atoms with Crippen molar-refractivity contribution in [3.8, 4) is 17.6 Å². The number of methoxy groups -OCH3 is 1. The highest BCUT2D eigenvalue weighted by atomic mass is 35.5. The lowest BCUT2D eigenvalue weighted by molar-refractivity contribution is -0.139. The summed E-state index contributed by atoms with van der Waals surface area (Å²) in [5, 5.41) is 18.4. The molecule has 128 valence electrons. The summed E-state index contributed by atoms with van der Waals surface area (Å²) >= 11 is 12.2. The van der Waals surface area contributed by atoms with Crippen LogP contribution in [0.2, 0.25) is 10.0 Å². The number of aliphatic carboxylic acids is 1. The molecule has 5 nitrogen and oxygen atoms in total. The fraction of sp³-hybridized carbons (Fsp3) is 0.111. The molecule has 0 unspecified atom stereocenters. The highest BCUT2D eigenvalue weighted by Gasteiger charge is 2.11. The van der Waals surface area contributed by atoms with Gasteiger partial charge < -0.3 is 14.6 Å². The average Bonchev–Trinajstić information content (AvgIpc) is 2.59. The number of rotatable bonds is 6. The molecule has 0 atom stereocenters. The van der Waals surface area contributed by atoms with Gasteiger partial charge in [0.15, 0.2) is 12.4 Å². The van der Waals surface area contributed by atoms with Crippen molar-refractivity contribution in [2.45, 2.75) is 0 Å². The minimum absolute atomic E-state index is 0.0887. The van der Waals surface area contributed by atoms with Crippen LogP contribution in [0.4, 0.5) is 0 Å². The van der Waals surface area contributed by atoms with Gasteiger partial charge in [0.2, 0.25) is 0 Å². The maximum atomic E-state index is 10.6. The van der Waals surface area contributed by atoms with Crippen LogP contribution < -0.4 is 9.47 Å². The third kappa shape index (κ3) is 4.90. The molecule has 2 aromatic carbocycles. The first-order chi connectivity index (χ1) is 11.9. The summed E-state index contributed by atoms with van der Waals surface area (Å²) in [4.78, 5) is 10.6. The Morgan fingerprint density at radius 2 is 1.84 bits per heavy atom. The van der Waals surface area contributed by atoms with Gasteiger partial charge in [-0.3, -0.25) is 0 Å². The first kappa shape index (κ1) is 18.7. The van der Waals surface area contributed by atoms with Gasteiger partial charge in [-0.15, -0.1) is 0 Å². The summed E-state index contributed by atoms with van der Waals surface area (Å²) in [7, 11) is 1.56. The summed E-state index contributed by atoms with van der Waals surface area (Å²) in [5.41, 5.74) is 1.71. The SMILES string of the molecule is COc1ccc(/C(C#N)=C/c2cc(Cl)c(OCC(=O)O)c(Cl)c2)cc1. The van der Waals surface area contributed by atoms with Crippen LogP contribution in [0.15, 0.2) is 36.4 Å². The molecule has 0 aliphatic carbocycles. The van der Waals surface area contributed by atoms with Crippen LogP contribution in [0.1, 0.15) is 11.1 Å². The van der Waals surface area contributed by atoms with Gasteiger partial charge in [-0.2, -0.15) is 5.26 Å². The van der Waals surface area contributed by atoms with Crippen LogP contribution >= 0.6 is 23.2 Å². The molecule has 0 aliphatic rings. The lowest BCUT2D eigenvalue weighted by atomic mass is 10.0. The highest BCUT2D eigenvalue weighted by molar-refractivity contribution is 6.37. The molecule has 2 aromatic rings. The second kappa shape index (κ2) is 8.43. The Labute approximate surface area is 154 Å². The van der Waals surface area contributed by atoms with Gasteiger partial charge in [-0.1, -0.05) is 23.2 Å². The predicted octanol–water partition coefficient (Wildman–Crippen LogP) is 4.53. The first-order valence-electron chi connectivity index (χ1n) is 7.04. The zero-order valence-electron chi connectivity index (χ0n) is 13.1. The molecule has 1 N–H and O–H groups in total. The van der Waals surface area contributed by atoms with E-state index in [0.717, 1.165) is 0 Å². The molecular formula is C18H13Cl2NO4. The van der Waals surface area contributed by atoms with E-state index in [1.165, 1.54) is 0 Å². The Balaban J connectivity index is 2.34. The van der Waals surface area contributed by atoms with Crippen LogP contribution in [0.25, 0.3) is 11.6 Å². The van der Waals surface area contributed by atoms with Crippen LogP contribution in [-0.4, -0.2) is 24.8 Å². The second-order valence-corrected chi connectivity index (χ2v) is 5.71. The number of hydrogen-bond donors (Lipinski definition) is 1. The predicted molar refractivity (Wildman–Crippen MR) is 96.1 cm³/mol. The van der Waals surface area contributed by atoms with E-state index in [-0.39, 0.29) is 15.8 Å². The molecule has 0 aliphatic heterocycles. The van der Waals surface area contributed by atoms with Gasteiger partial charge in [-0.25, -0.2) is 4.79 Å². The summed E-state index contributed by atoms with van der Waals surface area (Å²) in [6.07, 6.45) is 1.63. The number of benzene rings is 2. The lowest BCUT2D eigenvalue weighted by Crippen LogP contribution is -2.10. The smallest absolute Gasteiger partial charge is 0.341 e. The highest BCUT2D eigenvalue weighted by Crippen LogP contribution is 2.35. The molecule has 0 saturated heterocycles. The van der Waals surface area contributed by atoms with Crippen molar-refractivity contribution in [3.05, 3.63) is 57.6 Å². The Morgan fingerprint density at radius 1 is 1.24 bits per heavy atom. The van der Waals surface area contributed by atoms with Crippen molar-refractivity contribution in [1.29, 1.82) is 5.26 Å². The molecule has 0 bridgehead atoms. The summed E-state index contributed by atoms with van der Waals surface area (Å²) in [6, 6.07) is 12.3. The quantitative estimate of drug-likeness (QED) is 0.590. The van der Waals surface area contributed by atoms with E-state index in [9.17, 15) is 10.1 Å². The largest absolute Gasteiger partial charge is 0.497 e. The number of allylic oxidation sites excluding steroid dienone is 1. The molecule has 0 spiro atoms. The van der Waals surface area contributed by atoms with E-state index >= 15 is 0 Å². The number of nitrogens with zero attached hydrogens (tertiary/aromatic N) is 1.